The lowest BCUT2D eigenvalue weighted by molar-refractivity contribution is 0.484. The first-order chi connectivity index (χ1) is 9.83. The summed E-state index contributed by atoms with van der Waals surface area (Å²) in [5.41, 5.74) is 1.14. The standard InChI is InChI=1S/C17H18ClNO/c18-14-6-4-9-16(12-14)19(13-17-10-5-11-20-17)15-7-2-1-3-8-15/h2,4-7,9-12,15H,1,3,8,13H2. The molecule has 0 N–H and O–H groups in total. The largest absolute Gasteiger partial charge is 0.467 e. The second-order valence-electron chi connectivity index (χ2n) is 5.11. The van der Waals surface area contributed by atoms with Crippen molar-refractivity contribution < 1.29 is 4.42 Å². The Morgan fingerprint density at radius 1 is 1.25 bits per heavy atom. The molecule has 1 aromatic carbocycles. The maximum absolute atomic E-state index is 6.14. The molecule has 1 unspecified atom stereocenters. The zero-order chi connectivity index (χ0) is 13.8. The monoisotopic (exact) mass is 287 g/mol. The molecule has 2 nitrogen and oxygen atoms in total. The Bertz CT molecular complexity index is 576. The fourth-order valence-corrected chi connectivity index (χ4v) is 2.86. The first-order valence-corrected chi connectivity index (χ1v) is 7.42. The van der Waals surface area contributed by atoms with Crippen molar-refractivity contribution in [2.75, 3.05) is 4.90 Å². The van der Waals surface area contributed by atoms with Gasteiger partial charge >= 0.3 is 0 Å². The van der Waals surface area contributed by atoms with Crippen LogP contribution in [0.1, 0.15) is 25.0 Å². The van der Waals surface area contributed by atoms with E-state index in [4.69, 9.17) is 16.0 Å². The number of hydrogen-bond donors (Lipinski definition) is 0. The molecule has 0 radical (unpaired) electrons. The molecule has 0 aliphatic heterocycles. The van der Waals surface area contributed by atoms with Gasteiger partial charge in [-0.2, -0.15) is 0 Å². The fourth-order valence-electron chi connectivity index (χ4n) is 2.68. The lowest BCUT2D eigenvalue weighted by Gasteiger charge is -2.33. The summed E-state index contributed by atoms with van der Waals surface area (Å²) in [6.07, 6.45) is 9.88. The molecule has 1 atom stereocenters. The van der Waals surface area contributed by atoms with Gasteiger partial charge in [-0.05, 0) is 49.6 Å². The molecule has 0 spiro atoms. The number of benzene rings is 1. The number of furan rings is 1. The Hall–Kier alpha value is -1.67. The molecule has 1 aliphatic carbocycles. The van der Waals surface area contributed by atoms with Crippen LogP contribution < -0.4 is 4.90 Å². The van der Waals surface area contributed by atoms with Gasteiger partial charge in [-0.3, -0.25) is 0 Å². The zero-order valence-electron chi connectivity index (χ0n) is 11.3. The minimum absolute atomic E-state index is 0.410. The van der Waals surface area contributed by atoms with E-state index < -0.39 is 0 Å². The summed E-state index contributed by atoms with van der Waals surface area (Å²) in [6.45, 7) is 0.766. The van der Waals surface area contributed by atoms with Crippen molar-refractivity contribution in [3.63, 3.8) is 0 Å². The average molecular weight is 288 g/mol. The van der Waals surface area contributed by atoms with E-state index in [0.29, 0.717) is 6.04 Å². The average Bonchev–Trinajstić information content (AvgIpc) is 2.99. The second-order valence-corrected chi connectivity index (χ2v) is 5.55. The molecule has 0 fully saturated rings. The highest BCUT2D eigenvalue weighted by Gasteiger charge is 2.19. The Kier molecular flexibility index (Phi) is 4.12. The SMILES string of the molecule is Clc1cccc(N(Cc2ccco2)C2C=CCCC2)c1. The van der Waals surface area contributed by atoms with Crippen LogP contribution in [0.5, 0.6) is 0 Å². The predicted molar refractivity (Wildman–Crippen MR) is 83.1 cm³/mol. The molecule has 0 bridgehead atoms. The van der Waals surface area contributed by atoms with Crippen molar-refractivity contribution >= 4 is 17.3 Å². The number of rotatable bonds is 4. The van der Waals surface area contributed by atoms with Crippen LogP contribution in [0.3, 0.4) is 0 Å². The highest BCUT2D eigenvalue weighted by molar-refractivity contribution is 6.30. The van der Waals surface area contributed by atoms with Crippen LogP contribution in [-0.4, -0.2) is 6.04 Å². The summed E-state index contributed by atoms with van der Waals surface area (Å²) >= 11 is 6.14. The Balaban J connectivity index is 1.89. The molecule has 1 heterocycles. The molecule has 1 aromatic heterocycles. The van der Waals surface area contributed by atoms with Crippen LogP contribution in [-0.2, 0) is 6.54 Å². The highest BCUT2D eigenvalue weighted by Crippen LogP contribution is 2.27. The maximum atomic E-state index is 6.14. The number of anilines is 1. The number of nitrogens with zero attached hydrogens (tertiary/aromatic N) is 1. The molecule has 3 heteroatoms. The van der Waals surface area contributed by atoms with Gasteiger partial charge in [0.1, 0.15) is 5.76 Å². The quantitative estimate of drug-likeness (QED) is 0.732. The van der Waals surface area contributed by atoms with Gasteiger partial charge in [-0.1, -0.05) is 29.8 Å². The Morgan fingerprint density at radius 3 is 2.90 bits per heavy atom. The number of halogens is 1. The second kappa shape index (κ2) is 6.19. The van der Waals surface area contributed by atoms with Crippen molar-refractivity contribution in [1.82, 2.24) is 0 Å². The van der Waals surface area contributed by atoms with Gasteiger partial charge in [-0.25, -0.2) is 0 Å². The van der Waals surface area contributed by atoms with Crippen LogP contribution in [0, 0.1) is 0 Å². The first-order valence-electron chi connectivity index (χ1n) is 7.04. The van der Waals surface area contributed by atoms with Crippen LogP contribution in [0.2, 0.25) is 5.02 Å². The van der Waals surface area contributed by atoms with Crippen molar-refractivity contribution in [1.29, 1.82) is 0 Å². The summed E-state index contributed by atoms with van der Waals surface area (Å²) in [5.74, 6) is 0.976. The molecule has 1 aliphatic rings. The molecule has 0 saturated heterocycles. The molecule has 0 saturated carbocycles. The molecule has 3 rings (SSSR count). The van der Waals surface area contributed by atoms with Crippen molar-refractivity contribution in [3.8, 4) is 0 Å². The van der Waals surface area contributed by atoms with E-state index >= 15 is 0 Å². The van der Waals surface area contributed by atoms with E-state index in [-0.39, 0.29) is 0 Å². The molecular weight excluding hydrogens is 270 g/mol. The minimum atomic E-state index is 0.410. The first kappa shape index (κ1) is 13.3. The van der Waals surface area contributed by atoms with Crippen molar-refractivity contribution in [2.24, 2.45) is 0 Å². The number of allylic oxidation sites excluding steroid dienone is 1. The van der Waals surface area contributed by atoms with Crippen LogP contribution in [0.25, 0.3) is 0 Å². The highest BCUT2D eigenvalue weighted by atomic mass is 35.5. The summed E-state index contributed by atoms with van der Waals surface area (Å²) in [4.78, 5) is 2.36. The van der Waals surface area contributed by atoms with Gasteiger partial charge in [0.05, 0.1) is 12.8 Å². The van der Waals surface area contributed by atoms with E-state index in [0.717, 1.165) is 23.0 Å². The lowest BCUT2D eigenvalue weighted by atomic mass is 10.0. The van der Waals surface area contributed by atoms with Gasteiger partial charge in [0.15, 0.2) is 0 Å². The van der Waals surface area contributed by atoms with Gasteiger partial charge in [-0.15, -0.1) is 0 Å². The molecule has 0 amide bonds. The molecule has 20 heavy (non-hydrogen) atoms. The molecular formula is C17H18ClNO. The summed E-state index contributed by atoms with van der Waals surface area (Å²) in [5, 5.41) is 0.770. The van der Waals surface area contributed by atoms with Crippen LogP contribution in [0.4, 0.5) is 5.69 Å². The third-order valence-electron chi connectivity index (χ3n) is 3.68. The van der Waals surface area contributed by atoms with E-state index in [2.05, 4.69) is 23.1 Å². The van der Waals surface area contributed by atoms with Crippen molar-refractivity contribution in [2.45, 2.75) is 31.8 Å². The normalized spacial score (nSPS) is 18.1. The third-order valence-corrected chi connectivity index (χ3v) is 3.91. The molecule has 2 aromatic rings. The summed E-state index contributed by atoms with van der Waals surface area (Å²) in [7, 11) is 0. The summed E-state index contributed by atoms with van der Waals surface area (Å²) < 4.78 is 5.51. The Morgan fingerprint density at radius 2 is 2.20 bits per heavy atom. The fraction of sp³-hybridized carbons (Fsp3) is 0.294. The topological polar surface area (TPSA) is 16.4 Å². The van der Waals surface area contributed by atoms with Crippen molar-refractivity contribution in [3.05, 3.63) is 65.6 Å². The van der Waals surface area contributed by atoms with Crippen LogP contribution >= 0.6 is 11.6 Å². The van der Waals surface area contributed by atoms with E-state index in [9.17, 15) is 0 Å². The predicted octanol–water partition coefficient (Wildman–Crippen LogP) is 5.05. The van der Waals surface area contributed by atoms with E-state index in [1.807, 2.05) is 30.3 Å². The third kappa shape index (κ3) is 3.07. The van der Waals surface area contributed by atoms with Crippen LogP contribution in [0.15, 0.2) is 59.2 Å². The van der Waals surface area contributed by atoms with E-state index in [1.165, 1.54) is 19.3 Å². The smallest absolute Gasteiger partial charge is 0.123 e. The zero-order valence-corrected chi connectivity index (χ0v) is 12.1. The molecule has 104 valence electrons. The van der Waals surface area contributed by atoms with Gasteiger partial charge in [0.2, 0.25) is 0 Å². The van der Waals surface area contributed by atoms with Gasteiger partial charge in [0.25, 0.3) is 0 Å². The Labute approximate surface area is 124 Å². The van der Waals surface area contributed by atoms with Gasteiger partial charge < -0.3 is 9.32 Å². The van der Waals surface area contributed by atoms with Gasteiger partial charge in [0, 0.05) is 16.8 Å². The number of hydrogen-bond acceptors (Lipinski definition) is 2. The maximum Gasteiger partial charge on any atom is 0.123 e. The summed E-state index contributed by atoms with van der Waals surface area (Å²) in [6, 6.07) is 12.4. The lowest BCUT2D eigenvalue weighted by Crippen LogP contribution is -2.34. The minimum Gasteiger partial charge on any atom is -0.467 e. The van der Waals surface area contributed by atoms with E-state index in [1.54, 1.807) is 6.26 Å².